The molecule has 5 heteroatoms. The van der Waals surface area contributed by atoms with Gasteiger partial charge in [-0.1, -0.05) is 12.1 Å². The van der Waals surface area contributed by atoms with Crippen molar-refractivity contribution in [1.82, 2.24) is 10.3 Å². The Morgan fingerprint density at radius 3 is 3.05 bits per heavy atom. The highest BCUT2D eigenvalue weighted by Gasteiger charge is 2.16. The van der Waals surface area contributed by atoms with Crippen molar-refractivity contribution in [3.05, 3.63) is 45.4 Å². The summed E-state index contributed by atoms with van der Waals surface area (Å²) < 4.78 is 0. The Kier molecular flexibility index (Phi) is 4.03. The minimum atomic E-state index is 0.111. The Labute approximate surface area is 128 Å². The van der Waals surface area contributed by atoms with Crippen LogP contribution < -0.4 is 10.6 Å². The van der Waals surface area contributed by atoms with Crippen molar-refractivity contribution in [2.75, 3.05) is 5.32 Å². The Hall–Kier alpha value is -1.72. The van der Waals surface area contributed by atoms with Gasteiger partial charge in [0.1, 0.15) is 0 Å². The zero-order chi connectivity index (χ0) is 14.8. The first-order valence-corrected chi connectivity index (χ1v) is 8.07. The van der Waals surface area contributed by atoms with Gasteiger partial charge < -0.3 is 10.6 Å². The summed E-state index contributed by atoms with van der Waals surface area (Å²) >= 11 is 1.68. The van der Waals surface area contributed by atoms with E-state index >= 15 is 0 Å². The Bertz CT molecular complexity index is 665. The van der Waals surface area contributed by atoms with E-state index in [2.05, 4.69) is 40.1 Å². The first kappa shape index (κ1) is 14.2. The number of amides is 1. The van der Waals surface area contributed by atoms with Crippen molar-refractivity contribution in [2.45, 2.75) is 39.3 Å². The number of hydrogen-bond acceptors (Lipinski definition) is 4. The number of benzene rings is 1. The predicted octanol–water partition coefficient (Wildman–Crippen LogP) is 3.19. The summed E-state index contributed by atoms with van der Waals surface area (Å²) in [4.78, 5) is 15.8. The molecule has 0 radical (unpaired) electrons. The lowest BCUT2D eigenvalue weighted by atomic mass is 9.98. The van der Waals surface area contributed by atoms with Gasteiger partial charge in [-0.05, 0) is 37.5 Å². The van der Waals surface area contributed by atoms with Gasteiger partial charge in [0.15, 0.2) is 0 Å². The molecule has 4 nitrogen and oxygen atoms in total. The number of hydrogen-bond donors (Lipinski definition) is 2. The van der Waals surface area contributed by atoms with Gasteiger partial charge in [-0.3, -0.25) is 4.79 Å². The third-order valence-corrected chi connectivity index (χ3v) is 4.60. The third-order valence-electron chi connectivity index (χ3n) is 3.78. The van der Waals surface area contributed by atoms with Crippen molar-refractivity contribution in [3.63, 3.8) is 0 Å². The highest BCUT2D eigenvalue weighted by Crippen LogP contribution is 2.26. The summed E-state index contributed by atoms with van der Waals surface area (Å²) in [5.74, 6) is 0.111. The molecule has 0 spiro atoms. The quantitative estimate of drug-likeness (QED) is 0.912. The smallest absolute Gasteiger partial charge is 0.224 e. The van der Waals surface area contributed by atoms with E-state index in [4.69, 9.17) is 0 Å². The number of carbonyl (C=O) groups excluding carboxylic acids is 1. The zero-order valence-corrected chi connectivity index (χ0v) is 13.1. The van der Waals surface area contributed by atoms with Crippen LogP contribution in [0.15, 0.2) is 23.6 Å². The van der Waals surface area contributed by atoms with Crippen LogP contribution >= 0.6 is 11.3 Å². The topological polar surface area (TPSA) is 54.0 Å². The van der Waals surface area contributed by atoms with Gasteiger partial charge in [0.25, 0.3) is 0 Å². The largest absolute Gasteiger partial charge is 0.326 e. The van der Waals surface area contributed by atoms with Crippen molar-refractivity contribution in [3.8, 4) is 0 Å². The summed E-state index contributed by atoms with van der Waals surface area (Å²) in [5.41, 5.74) is 4.52. The maximum absolute atomic E-state index is 11.4. The van der Waals surface area contributed by atoms with E-state index in [1.54, 1.807) is 11.3 Å². The Balaban J connectivity index is 1.67. The molecule has 2 heterocycles. The van der Waals surface area contributed by atoms with E-state index in [0.717, 1.165) is 29.4 Å². The molecule has 1 aliphatic heterocycles. The molecular weight excluding hydrogens is 282 g/mol. The second-order valence-electron chi connectivity index (χ2n) is 5.43. The standard InChI is InChI=1S/C16H19N3OS/c1-10(17-8-14-9-21-11(2)18-14)12-3-5-15-13(7-12)4-6-16(20)19-15/h3,5,7,9-10,17H,4,6,8H2,1-2H3,(H,19,20)/t10-/m1/s1. The number of thiazole rings is 1. The third kappa shape index (κ3) is 3.31. The maximum atomic E-state index is 11.4. The van der Waals surface area contributed by atoms with Crippen LogP contribution in [0.25, 0.3) is 0 Å². The molecule has 0 fully saturated rings. The molecule has 2 N–H and O–H groups in total. The molecule has 1 aromatic heterocycles. The van der Waals surface area contributed by atoms with Gasteiger partial charge in [-0.15, -0.1) is 11.3 Å². The molecule has 1 aromatic carbocycles. The molecule has 0 saturated carbocycles. The molecule has 3 rings (SSSR count). The molecule has 0 saturated heterocycles. The monoisotopic (exact) mass is 301 g/mol. The van der Waals surface area contributed by atoms with Gasteiger partial charge in [0.05, 0.1) is 10.7 Å². The van der Waals surface area contributed by atoms with Crippen LogP contribution in [0, 0.1) is 6.92 Å². The number of nitrogens with zero attached hydrogens (tertiary/aromatic N) is 1. The van der Waals surface area contributed by atoms with E-state index < -0.39 is 0 Å². The highest BCUT2D eigenvalue weighted by molar-refractivity contribution is 7.09. The van der Waals surface area contributed by atoms with Crippen molar-refractivity contribution < 1.29 is 4.79 Å². The molecule has 0 unspecified atom stereocenters. The number of aryl methyl sites for hydroxylation is 2. The number of carbonyl (C=O) groups is 1. The molecule has 0 aliphatic carbocycles. The summed E-state index contributed by atoms with van der Waals surface area (Å²) in [5, 5.41) is 9.62. The van der Waals surface area contributed by atoms with Crippen molar-refractivity contribution in [2.24, 2.45) is 0 Å². The van der Waals surface area contributed by atoms with Crippen LogP contribution in [0.4, 0.5) is 5.69 Å². The number of rotatable bonds is 4. The molecular formula is C16H19N3OS. The second kappa shape index (κ2) is 5.95. The van der Waals surface area contributed by atoms with Crippen LogP contribution in [-0.4, -0.2) is 10.9 Å². The normalized spacial score (nSPS) is 15.4. The van der Waals surface area contributed by atoms with Gasteiger partial charge in [0.2, 0.25) is 5.91 Å². The van der Waals surface area contributed by atoms with E-state index in [0.29, 0.717) is 6.42 Å². The van der Waals surface area contributed by atoms with Crippen LogP contribution in [0.1, 0.15) is 41.2 Å². The molecule has 1 amide bonds. The van der Waals surface area contributed by atoms with Gasteiger partial charge >= 0.3 is 0 Å². The average Bonchev–Trinajstić information content (AvgIpc) is 2.90. The van der Waals surface area contributed by atoms with E-state index in [1.807, 2.05) is 13.0 Å². The second-order valence-corrected chi connectivity index (χ2v) is 6.49. The summed E-state index contributed by atoms with van der Waals surface area (Å²) in [6, 6.07) is 6.54. The molecule has 1 aliphatic rings. The first-order valence-electron chi connectivity index (χ1n) is 7.19. The van der Waals surface area contributed by atoms with Crippen LogP contribution in [0.3, 0.4) is 0 Å². The fourth-order valence-corrected chi connectivity index (χ4v) is 3.15. The van der Waals surface area contributed by atoms with E-state index in [9.17, 15) is 4.79 Å². The Morgan fingerprint density at radius 1 is 1.43 bits per heavy atom. The minimum absolute atomic E-state index is 0.111. The minimum Gasteiger partial charge on any atom is -0.326 e. The van der Waals surface area contributed by atoms with Gasteiger partial charge in [-0.2, -0.15) is 0 Å². The van der Waals surface area contributed by atoms with Crippen LogP contribution in [0.2, 0.25) is 0 Å². The van der Waals surface area contributed by atoms with E-state index in [-0.39, 0.29) is 11.9 Å². The number of anilines is 1. The molecule has 110 valence electrons. The van der Waals surface area contributed by atoms with Crippen molar-refractivity contribution in [1.29, 1.82) is 0 Å². The summed E-state index contributed by atoms with van der Waals surface area (Å²) in [7, 11) is 0. The van der Waals surface area contributed by atoms with Gasteiger partial charge in [0, 0.05) is 30.1 Å². The highest BCUT2D eigenvalue weighted by atomic mass is 32.1. The van der Waals surface area contributed by atoms with Gasteiger partial charge in [-0.25, -0.2) is 4.98 Å². The van der Waals surface area contributed by atoms with E-state index in [1.165, 1.54) is 11.1 Å². The SMILES string of the molecule is Cc1nc(CN[C@H](C)c2ccc3c(c2)CCC(=O)N3)cs1. The zero-order valence-electron chi connectivity index (χ0n) is 12.3. The summed E-state index contributed by atoms with van der Waals surface area (Å²) in [6.45, 7) is 4.96. The Morgan fingerprint density at radius 2 is 2.29 bits per heavy atom. The number of aromatic nitrogens is 1. The van der Waals surface area contributed by atoms with Crippen molar-refractivity contribution >= 4 is 22.9 Å². The molecule has 21 heavy (non-hydrogen) atoms. The van der Waals surface area contributed by atoms with Crippen LogP contribution in [0.5, 0.6) is 0 Å². The lowest BCUT2D eigenvalue weighted by Gasteiger charge is -2.20. The summed E-state index contributed by atoms with van der Waals surface area (Å²) in [6.07, 6.45) is 1.41. The number of fused-ring (bicyclic) bond motifs is 1. The fourth-order valence-electron chi connectivity index (χ4n) is 2.54. The number of nitrogens with one attached hydrogen (secondary N) is 2. The van der Waals surface area contributed by atoms with Crippen LogP contribution in [-0.2, 0) is 17.8 Å². The fraction of sp³-hybridized carbons (Fsp3) is 0.375. The lowest BCUT2D eigenvalue weighted by molar-refractivity contribution is -0.116. The molecule has 0 bridgehead atoms. The average molecular weight is 301 g/mol. The predicted molar refractivity (Wildman–Crippen MR) is 85.5 cm³/mol. The molecule has 1 atom stereocenters. The maximum Gasteiger partial charge on any atom is 0.224 e. The molecule has 2 aromatic rings. The lowest BCUT2D eigenvalue weighted by Crippen LogP contribution is -2.21. The first-order chi connectivity index (χ1) is 10.1.